The van der Waals surface area contributed by atoms with Crippen molar-refractivity contribution in [2.24, 2.45) is 5.92 Å². The van der Waals surface area contributed by atoms with Crippen molar-refractivity contribution in [2.45, 2.75) is 70.5 Å². The van der Waals surface area contributed by atoms with Crippen LogP contribution < -0.4 is 5.32 Å². The molecule has 2 aliphatic heterocycles. The van der Waals surface area contributed by atoms with Gasteiger partial charge in [-0.2, -0.15) is 0 Å². The van der Waals surface area contributed by atoms with Crippen LogP contribution in [0.3, 0.4) is 0 Å². The molecule has 0 aromatic carbocycles. The summed E-state index contributed by atoms with van der Waals surface area (Å²) in [5.41, 5.74) is -0.211. The molecular weight excluding hydrogens is 262 g/mol. The van der Waals surface area contributed by atoms with E-state index in [1.807, 2.05) is 0 Å². The van der Waals surface area contributed by atoms with Crippen LogP contribution >= 0.6 is 0 Å². The van der Waals surface area contributed by atoms with Crippen molar-refractivity contribution in [3.8, 4) is 0 Å². The second kappa shape index (κ2) is 6.25. The molecule has 1 saturated carbocycles. The summed E-state index contributed by atoms with van der Waals surface area (Å²) in [5.74, 6) is 0.867. The maximum Gasteiger partial charge on any atom is 0.244 e. The lowest BCUT2D eigenvalue weighted by Crippen LogP contribution is -2.46. The Labute approximate surface area is 129 Å². The van der Waals surface area contributed by atoms with Gasteiger partial charge in [0.25, 0.3) is 0 Å². The molecule has 120 valence electrons. The molecule has 0 radical (unpaired) electrons. The Balaban J connectivity index is 1.64. The van der Waals surface area contributed by atoms with Crippen molar-refractivity contribution in [1.29, 1.82) is 0 Å². The molecule has 2 saturated heterocycles. The fraction of sp³-hybridized carbons (Fsp3) is 0.941. The summed E-state index contributed by atoms with van der Waals surface area (Å²) in [6.07, 6.45) is 8.73. The van der Waals surface area contributed by atoms with Crippen molar-refractivity contribution in [3.05, 3.63) is 0 Å². The molecule has 1 unspecified atom stereocenters. The van der Waals surface area contributed by atoms with Gasteiger partial charge >= 0.3 is 0 Å². The van der Waals surface area contributed by atoms with Crippen LogP contribution in [0.4, 0.5) is 0 Å². The molecule has 3 fully saturated rings. The third kappa shape index (κ3) is 2.98. The first kappa shape index (κ1) is 15.3. The molecule has 1 aliphatic carbocycles. The molecule has 0 aromatic rings. The van der Waals surface area contributed by atoms with Crippen molar-refractivity contribution >= 4 is 5.91 Å². The summed E-state index contributed by atoms with van der Waals surface area (Å²) in [5, 5.41) is 3.71. The summed E-state index contributed by atoms with van der Waals surface area (Å²) in [7, 11) is 0. The normalized spacial score (nSPS) is 30.0. The van der Waals surface area contributed by atoms with E-state index in [1.54, 1.807) is 0 Å². The predicted octanol–water partition coefficient (Wildman–Crippen LogP) is 2.20. The van der Waals surface area contributed by atoms with E-state index in [0.717, 1.165) is 25.9 Å². The third-order valence-electron chi connectivity index (χ3n) is 5.62. The van der Waals surface area contributed by atoms with E-state index in [-0.39, 0.29) is 11.7 Å². The van der Waals surface area contributed by atoms with E-state index < -0.39 is 0 Å². The van der Waals surface area contributed by atoms with E-state index >= 15 is 0 Å². The average molecular weight is 293 g/mol. The van der Waals surface area contributed by atoms with Crippen molar-refractivity contribution in [3.63, 3.8) is 0 Å². The molecule has 3 aliphatic rings. The fourth-order valence-electron chi connectivity index (χ4n) is 4.36. The van der Waals surface area contributed by atoms with Crippen LogP contribution in [0.2, 0.25) is 0 Å². The Morgan fingerprint density at radius 1 is 1.10 bits per heavy atom. The number of nitrogens with one attached hydrogen (secondary N) is 1. The largest absolute Gasteiger partial charge is 0.324 e. The Hall–Kier alpha value is -0.610. The van der Waals surface area contributed by atoms with E-state index in [1.165, 1.54) is 45.2 Å². The number of rotatable bonds is 4. The lowest BCUT2D eigenvalue weighted by atomic mass is 9.98. The first-order chi connectivity index (χ1) is 10.1. The van der Waals surface area contributed by atoms with E-state index in [4.69, 9.17) is 0 Å². The number of hydrogen-bond donors (Lipinski definition) is 1. The number of likely N-dealkylation sites (tertiary alicyclic amines) is 1. The van der Waals surface area contributed by atoms with Gasteiger partial charge in [-0.3, -0.25) is 10.1 Å². The Morgan fingerprint density at radius 2 is 1.76 bits per heavy atom. The summed E-state index contributed by atoms with van der Waals surface area (Å²) in [6.45, 7) is 8.84. The molecule has 1 spiro atoms. The minimum Gasteiger partial charge on any atom is -0.324 e. The number of hydrogen-bond acceptors (Lipinski definition) is 3. The highest BCUT2D eigenvalue weighted by molar-refractivity contribution is 5.89. The Bertz CT molecular complexity index is 370. The van der Waals surface area contributed by atoms with E-state index in [2.05, 4.69) is 29.0 Å². The van der Waals surface area contributed by atoms with Crippen LogP contribution in [0, 0.1) is 5.92 Å². The molecule has 1 atom stereocenters. The number of carbonyl (C=O) groups excluding carboxylic acids is 1. The molecular formula is C17H31N3O. The molecule has 4 heteroatoms. The number of amides is 1. The lowest BCUT2D eigenvalue weighted by molar-refractivity contribution is -0.133. The van der Waals surface area contributed by atoms with Gasteiger partial charge < -0.3 is 9.80 Å². The topological polar surface area (TPSA) is 35.6 Å². The minimum absolute atomic E-state index is 0.211. The zero-order chi connectivity index (χ0) is 14.9. The van der Waals surface area contributed by atoms with Crippen molar-refractivity contribution in [2.75, 3.05) is 26.2 Å². The quantitative estimate of drug-likeness (QED) is 0.863. The van der Waals surface area contributed by atoms with Crippen LogP contribution in [-0.2, 0) is 4.79 Å². The lowest BCUT2D eigenvalue weighted by Gasteiger charge is -2.32. The maximum atomic E-state index is 13.0. The fourth-order valence-corrected chi connectivity index (χ4v) is 4.36. The van der Waals surface area contributed by atoms with Gasteiger partial charge in [-0.05, 0) is 44.7 Å². The number of piperidine rings is 1. The van der Waals surface area contributed by atoms with Gasteiger partial charge in [0.2, 0.25) is 5.91 Å². The van der Waals surface area contributed by atoms with Gasteiger partial charge in [0, 0.05) is 13.1 Å². The molecule has 0 aromatic heterocycles. The zero-order valence-electron chi connectivity index (χ0n) is 13.7. The first-order valence-electron chi connectivity index (χ1n) is 8.93. The van der Waals surface area contributed by atoms with Crippen LogP contribution in [0.5, 0.6) is 0 Å². The Morgan fingerprint density at radius 3 is 2.38 bits per heavy atom. The summed E-state index contributed by atoms with van der Waals surface area (Å²) >= 11 is 0. The number of nitrogens with zero attached hydrogens (tertiary/aromatic N) is 2. The highest BCUT2D eigenvalue weighted by atomic mass is 16.2. The van der Waals surface area contributed by atoms with Crippen LogP contribution in [0.25, 0.3) is 0 Å². The first-order valence-corrected chi connectivity index (χ1v) is 8.93. The van der Waals surface area contributed by atoms with Gasteiger partial charge in [0.15, 0.2) is 0 Å². The summed E-state index contributed by atoms with van der Waals surface area (Å²) in [6, 6.07) is 0. The summed E-state index contributed by atoms with van der Waals surface area (Å²) in [4.78, 5) is 17.7. The molecule has 3 rings (SSSR count). The van der Waals surface area contributed by atoms with E-state index in [9.17, 15) is 4.79 Å². The van der Waals surface area contributed by atoms with E-state index in [0.29, 0.717) is 11.8 Å². The second-order valence-corrected chi connectivity index (χ2v) is 7.52. The van der Waals surface area contributed by atoms with Gasteiger partial charge in [-0.1, -0.05) is 33.1 Å². The average Bonchev–Trinajstić information content (AvgIpc) is 3.06. The SMILES string of the molecule is CC(C)C1NC2(CCCC2)C(=O)N1CCN1CCCCC1. The van der Waals surface area contributed by atoms with Crippen LogP contribution in [0.1, 0.15) is 58.8 Å². The molecule has 4 nitrogen and oxygen atoms in total. The smallest absolute Gasteiger partial charge is 0.244 e. The maximum absolute atomic E-state index is 13.0. The molecule has 1 amide bonds. The third-order valence-corrected chi connectivity index (χ3v) is 5.62. The zero-order valence-corrected chi connectivity index (χ0v) is 13.7. The van der Waals surface area contributed by atoms with Gasteiger partial charge in [0.05, 0.1) is 11.7 Å². The van der Waals surface area contributed by atoms with Crippen LogP contribution in [0.15, 0.2) is 0 Å². The monoisotopic (exact) mass is 293 g/mol. The highest BCUT2D eigenvalue weighted by Crippen LogP contribution is 2.37. The standard InChI is InChI=1S/C17H31N3O/c1-14(2)15-18-17(8-4-5-9-17)16(21)20(15)13-12-19-10-6-3-7-11-19/h14-15,18H,3-13H2,1-2H3. The summed E-state index contributed by atoms with van der Waals surface area (Å²) < 4.78 is 0. The molecule has 1 N–H and O–H groups in total. The second-order valence-electron chi connectivity index (χ2n) is 7.52. The molecule has 0 bridgehead atoms. The van der Waals surface area contributed by atoms with Gasteiger partial charge in [-0.15, -0.1) is 0 Å². The molecule has 2 heterocycles. The van der Waals surface area contributed by atoms with Crippen molar-refractivity contribution in [1.82, 2.24) is 15.1 Å². The highest BCUT2D eigenvalue weighted by Gasteiger charge is 2.52. The van der Waals surface area contributed by atoms with Gasteiger partial charge in [-0.25, -0.2) is 0 Å². The predicted molar refractivity (Wildman–Crippen MR) is 85.0 cm³/mol. The van der Waals surface area contributed by atoms with Crippen molar-refractivity contribution < 1.29 is 4.79 Å². The number of carbonyl (C=O) groups is 1. The van der Waals surface area contributed by atoms with Gasteiger partial charge in [0.1, 0.15) is 0 Å². The molecule has 21 heavy (non-hydrogen) atoms. The van der Waals surface area contributed by atoms with Crippen LogP contribution in [-0.4, -0.2) is 53.6 Å². The Kier molecular flexibility index (Phi) is 4.55. The minimum atomic E-state index is -0.211.